The molecule has 2 aliphatic rings. The Morgan fingerprint density at radius 3 is 2.67 bits per heavy atom. The van der Waals surface area contributed by atoms with Crippen LogP contribution in [0, 0.1) is 5.82 Å². The highest BCUT2D eigenvalue weighted by atomic mass is 19.1. The van der Waals surface area contributed by atoms with Gasteiger partial charge in [-0.3, -0.25) is 4.90 Å². The number of carboxylic acids is 1. The monoisotopic (exact) mass is 291 g/mol. The molecule has 0 spiro atoms. The number of hydrogen-bond donors (Lipinski definition) is 1. The summed E-state index contributed by atoms with van der Waals surface area (Å²) in [6.45, 7) is 1.87. The van der Waals surface area contributed by atoms with Gasteiger partial charge in [-0.2, -0.15) is 0 Å². The summed E-state index contributed by atoms with van der Waals surface area (Å²) >= 11 is 0. The number of nitrogens with zero attached hydrogens (tertiary/aromatic N) is 1. The minimum atomic E-state index is -1.18. The molecule has 1 saturated heterocycles. The number of carboxylic acid groups (broad SMARTS) is 1. The summed E-state index contributed by atoms with van der Waals surface area (Å²) < 4.78 is 14.3. The molecule has 0 amide bonds. The number of benzene rings is 1. The standard InChI is InChI=1S/C17H22FNO2/c18-16-14(7-4-8-15(16)17(20)21)12-9-10-19(11-12)13-5-2-1-3-6-13/h4,7-8,12-13H,1-3,5-6,9-11H2,(H,20,21). The summed E-state index contributed by atoms with van der Waals surface area (Å²) in [7, 11) is 0. The fourth-order valence-electron chi connectivity index (χ4n) is 3.85. The lowest BCUT2D eigenvalue weighted by Crippen LogP contribution is -2.34. The van der Waals surface area contributed by atoms with Gasteiger partial charge in [-0.15, -0.1) is 0 Å². The van der Waals surface area contributed by atoms with Gasteiger partial charge in [0.15, 0.2) is 0 Å². The van der Waals surface area contributed by atoms with E-state index < -0.39 is 11.8 Å². The lowest BCUT2D eigenvalue weighted by Gasteiger charge is -2.31. The van der Waals surface area contributed by atoms with Gasteiger partial charge in [0.2, 0.25) is 0 Å². The smallest absolute Gasteiger partial charge is 0.338 e. The number of hydrogen-bond acceptors (Lipinski definition) is 2. The van der Waals surface area contributed by atoms with Crippen LogP contribution in [0.5, 0.6) is 0 Å². The molecule has 0 aromatic heterocycles. The quantitative estimate of drug-likeness (QED) is 0.924. The third kappa shape index (κ3) is 2.95. The summed E-state index contributed by atoms with van der Waals surface area (Å²) in [5, 5.41) is 9.04. The van der Waals surface area contributed by atoms with E-state index in [2.05, 4.69) is 4.90 Å². The van der Waals surface area contributed by atoms with Crippen LogP contribution in [0.4, 0.5) is 4.39 Å². The summed E-state index contributed by atoms with van der Waals surface area (Å²) in [4.78, 5) is 13.5. The van der Waals surface area contributed by atoms with Gasteiger partial charge in [-0.25, -0.2) is 9.18 Å². The molecular formula is C17H22FNO2. The van der Waals surface area contributed by atoms with Crippen molar-refractivity contribution in [3.05, 3.63) is 35.1 Å². The Kier molecular flexibility index (Phi) is 4.24. The molecular weight excluding hydrogens is 269 g/mol. The minimum absolute atomic E-state index is 0.131. The van der Waals surface area contributed by atoms with Crippen LogP contribution < -0.4 is 0 Å². The molecule has 1 unspecified atom stereocenters. The Balaban J connectivity index is 1.74. The highest BCUT2D eigenvalue weighted by Crippen LogP contribution is 2.34. The van der Waals surface area contributed by atoms with Crippen molar-refractivity contribution < 1.29 is 14.3 Å². The summed E-state index contributed by atoms with van der Waals surface area (Å²) in [5.74, 6) is -1.59. The maximum atomic E-state index is 14.3. The van der Waals surface area contributed by atoms with Gasteiger partial charge in [0.1, 0.15) is 5.82 Å². The molecule has 1 aliphatic heterocycles. The molecule has 2 fully saturated rings. The number of aromatic carboxylic acids is 1. The van der Waals surface area contributed by atoms with Crippen LogP contribution in [0.2, 0.25) is 0 Å². The first-order valence-corrected chi connectivity index (χ1v) is 7.92. The van der Waals surface area contributed by atoms with Gasteiger partial charge < -0.3 is 5.11 Å². The molecule has 4 heteroatoms. The van der Waals surface area contributed by atoms with E-state index in [1.165, 1.54) is 38.2 Å². The fraction of sp³-hybridized carbons (Fsp3) is 0.588. The normalized spacial score (nSPS) is 24.3. The van der Waals surface area contributed by atoms with E-state index in [4.69, 9.17) is 5.11 Å². The molecule has 3 rings (SSSR count). The third-order valence-electron chi connectivity index (χ3n) is 5.01. The Hall–Kier alpha value is -1.42. The van der Waals surface area contributed by atoms with E-state index in [9.17, 15) is 9.18 Å². The Labute approximate surface area is 124 Å². The lowest BCUT2D eigenvalue weighted by atomic mass is 9.93. The molecule has 1 aromatic rings. The summed E-state index contributed by atoms with van der Waals surface area (Å²) in [6.07, 6.45) is 7.37. The average molecular weight is 291 g/mol. The highest BCUT2D eigenvalue weighted by Gasteiger charge is 2.31. The molecule has 0 radical (unpaired) electrons. The van der Waals surface area contributed by atoms with Crippen LogP contribution in [0.15, 0.2) is 18.2 Å². The van der Waals surface area contributed by atoms with Crippen LogP contribution in [0.1, 0.15) is 60.4 Å². The summed E-state index contributed by atoms with van der Waals surface area (Å²) in [5.41, 5.74) is 0.372. The maximum absolute atomic E-state index is 14.3. The van der Waals surface area contributed by atoms with E-state index in [-0.39, 0.29) is 11.5 Å². The first-order chi connectivity index (χ1) is 10.2. The molecule has 1 aliphatic carbocycles. The third-order valence-corrected chi connectivity index (χ3v) is 5.01. The number of rotatable bonds is 3. The van der Waals surface area contributed by atoms with E-state index in [0.29, 0.717) is 11.6 Å². The topological polar surface area (TPSA) is 40.5 Å². The molecule has 1 heterocycles. The molecule has 3 nitrogen and oxygen atoms in total. The van der Waals surface area contributed by atoms with Crippen molar-refractivity contribution in [3.63, 3.8) is 0 Å². The first-order valence-electron chi connectivity index (χ1n) is 7.92. The van der Waals surface area contributed by atoms with Crippen LogP contribution in [0.25, 0.3) is 0 Å². The van der Waals surface area contributed by atoms with Crippen molar-refractivity contribution in [2.24, 2.45) is 0 Å². The number of halogens is 1. The Morgan fingerprint density at radius 2 is 1.95 bits per heavy atom. The van der Waals surface area contributed by atoms with Crippen LogP contribution >= 0.6 is 0 Å². The van der Waals surface area contributed by atoms with Crippen molar-refractivity contribution in [2.75, 3.05) is 13.1 Å². The van der Waals surface area contributed by atoms with Gasteiger partial charge in [0.05, 0.1) is 5.56 Å². The van der Waals surface area contributed by atoms with Crippen molar-refractivity contribution in [1.82, 2.24) is 4.90 Å². The number of likely N-dealkylation sites (tertiary alicyclic amines) is 1. The molecule has 1 N–H and O–H groups in total. The highest BCUT2D eigenvalue weighted by molar-refractivity contribution is 5.88. The molecule has 114 valence electrons. The second-order valence-corrected chi connectivity index (χ2v) is 6.29. The SMILES string of the molecule is O=C(O)c1cccc(C2CCN(C3CCCCC3)C2)c1F. The Bertz CT molecular complexity index is 526. The Morgan fingerprint density at radius 1 is 1.19 bits per heavy atom. The van der Waals surface area contributed by atoms with Gasteiger partial charge in [-0.1, -0.05) is 31.4 Å². The van der Waals surface area contributed by atoms with E-state index >= 15 is 0 Å². The largest absolute Gasteiger partial charge is 0.478 e. The second kappa shape index (κ2) is 6.14. The molecule has 1 saturated carbocycles. The lowest BCUT2D eigenvalue weighted by molar-refractivity contribution is 0.0691. The predicted molar refractivity (Wildman–Crippen MR) is 79.2 cm³/mol. The van der Waals surface area contributed by atoms with E-state index in [1.807, 2.05) is 0 Å². The minimum Gasteiger partial charge on any atom is -0.478 e. The van der Waals surface area contributed by atoms with Crippen LogP contribution in [0.3, 0.4) is 0 Å². The zero-order valence-corrected chi connectivity index (χ0v) is 12.2. The van der Waals surface area contributed by atoms with Crippen molar-refractivity contribution in [2.45, 2.75) is 50.5 Å². The first kappa shape index (κ1) is 14.5. The van der Waals surface area contributed by atoms with Gasteiger partial charge in [0.25, 0.3) is 0 Å². The van der Waals surface area contributed by atoms with Gasteiger partial charge in [-0.05, 0) is 37.4 Å². The molecule has 0 bridgehead atoms. The molecule has 21 heavy (non-hydrogen) atoms. The maximum Gasteiger partial charge on any atom is 0.338 e. The van der Waals surface area contributed by atoms with Crippen molar-refractivity contribution in [1.29, 1.82) is 0 Å². The predicted octanol–water partition coefficient (Wildman–Crippen LogP) is 3.65. The van der Waals surface area contributed by atoms with Gasteiger partial charge >= 0.3 is 5.97 Å². The average Bonchev–Trinajstić information content (AvgIpc) is 2.98. The fourth-order valence-corrected chi connectivity index (χ4v) is 3.85. The second-order valence-electron chi connectivity index (χ2n) is 6.29. The van der Waals surface area contributed by atoms with Crippen LogP contribution in [-0.2, 0) is 0 Å². The van der Waals surface area contributed by atoms with Crippen molar-refractivity contribution in [3.8, 4) is 0 Å². The molecule has 1 atom stereocenters. The van der Waals surface area contributed by atoms with Crippen LogP contribution in [-0.4, -0.2) is 35.1 Å². The van der Waals surface area contributed by atoms with Gasteiger partial charge in [0, 0.05) is 18.5 Å². The zero-order chi connectivity index (χ0) is 14.8. The van der Waals surface area contributed by atoms with Crippen molar-refractivity contribution >= 4 is 5.97 Å². The summed E-state index contributed by atoms with van der Waals surface area (Å²) in [6, 6.07) is 5.39. The van der Waals surface area contributed by atoms with E-state index in [1.54, 1.807) is 12.1 Å². The number of carbonyl (C=O) groups is 1. The molecule has 1 aromatic carbocycles. The zero-order valence-electron chi connectivity index (χ0n) is 12.2. The van der Waals surface area contributed by atoms with E-state index in [0.717, 1.165) is 19.5 Å².